The SMILES string of the molecule is CN=C(NCc1csc2ccccc12)N(C)CC1CCOC1.I. The second-order valence-electron chi connectivity index (χ2n) is 5.77. The van der Waals surface area contributed by atoms with Crippen molar-refractivity contribution < 1.29 is 4.74 Å². The molecule has 0 bridgehead atoms. The molecule has 3 rings (SSSR count). The molecule has 1 fully saturated rings. The molecule has 1 aliphatic heterocycles. The number of hydrogen-bond acceptors (Lipinski definition) is 3. The molecule has 1 unspecified atom stereocenters. The minimum absolute atomic E-state index is 0. The Kier molecular flexibility index (Phi) is 7.10. The first kappa shape index (κ1) is 18.5. The number of thiophene rings is 1. The lowest BCUT2D eigenvalue weighted by atomic mass is 10.1. The molecule has 0 spiro atoms. The van der Waals surface area contributed by atoms with Crippen LogP contribution in [-0.2, 0) is 11.3 Å². The lowest BCUT2D eigenvalue weighted by Gasteiger charge is -2.24. The highest BCUT2D eigenvalue weighted by atomic mass is 127. The van der Waals surface area contributed by atoms with Crippen LogP contribution in [0.2, 0.25) is 0 Å². The van der Waals surface area contributed by atoms with Gasteiger partial charge in [-0.3, -0.25) is 4.99 Å². The van der Waals surface area contributed by atoms with Crippen LogP contribution in [0.5, 0.6) is 0 Å². The maximum atomic E-state index is 5.45. The zero-order chi connectivity index (χ0) is 15.4. The lowest BCUT2D eigenvalue weighted by Crippen LogP contribution is -2.41. The molecule has 1 aliphatic rings. The van der Waals surface area contributed by atoms with Gasteiger partial charge in [0.1, 0.15) is 0 Å². The molecule has 6 heteroatoms. The van der Waals surface area contributed by atoms with E-state index in [9.17, 15) is 0 Å². The van der Waals surface area contributed by atoms with Crippen LogP contribution in [0.15, 0.2) is 34.6 Å². The normalized spacial score (nSPS) is 18.0. The Morgan fingerprint density at radius 2 is 2.26 bits per heavy atom. The molecule has 2 aromatic rings. The van der Waals surface area contributed by atoms with E-state index < -0.39 is 0 Å². The van der Waals surface area contributed by atoms with Crippen LogP contribution >= 0.6 is 35.3 Å². The Balaban J connectivity index is 0.00000192. The van der Waals surface area contributed by atoms with Gasteiger partial charge in [-0.05, 0) is 28.8 Å². The number of benzene rings is 1. The van der Waals surface area contributed by atoms with Crippen LogP contribution < -0.4 is 5.32 Å². The average Bonchev–Trinajstić information content (AvgIpc) is 3.18. The summed E-state index contributed by atoms with van der Waals surface area (Å²) in [5.74, 6) is 1.56. The Hall–Kier alpha value is -0.860. The third-order valence-corrected chi connectivity index (χ3v) is 5.14. The zero-order valence-electron chi connectivity index (χ0n) is 13.6. The predicted octanol–water partition coefficient (Wildman–Crippen LogP) is 3.56. The molecule has 0 radical (unpaired) electrons. The Morgan fingerprint density at radius 3 is 3.00 bits per heavy atom. The number of nitrogens with one attached hydrogen (secondary N) is 1. The van der Waals surface area contributed by atoms with Gasteiger partial charge >= 0.3 is 0 Å². The number of fused-ring (bicyclic) bond motifs is 1. The predicted molar refractivity (Wildman–Crippen MR) is 109 cm³/mol. The summed E-state index contributed by atoms with van der Waals surface area (Å²) in [7, 11) is 3.94. The highest BCUT2D eigenvalue weighted by molar-refractivity contribution is 14.0. The molecule has 1 atom stereocenters. The Morgan fingerprint density at radius 1 is 1.43 bits per heavy atom. The number of guanidine groups is 1. The van der Waals surface area contributed by atoms with Crippen LogP contribution in [0.3, 0.4) is 0 Å². The first-order valence-corrected chi connectivity index (χ1v) is 8.60. The summed E-state index contributed by atoms with van der Waals surface area (Å²) in [6.07, 6.45) is 1.15. The van der Waals surface area contributed by atoms with E-state index in [4.69, 9.17) is 4.74 Å². The number of aliphatic imine (C=N–C) groups is 1. The third-order valence-electron chi connectivity index (χ3n) is 4.13. The molecule has 1 aromatic carbocycles. The minimum atomic E-state index is 0. The molecule has 0 aliphatic carbocycles. The van der Waals surface area contributed by atoms with Crippen LogP contribution in [0.1, 0.15) is 12.0 Å². The molecule has 2 heterocycles. The summed E-state index contributed by atoms with van der Waals surface area (Å²) in [6.45, 7) is 3.56. The molecule has 1 aromatic heterocycles. The second-order valence-corrected chi connectivity index (χ2v) is 6.68. The zero-order valence-corrected chi connectivity index (χ0v) is 16.8. The van der Waals surface area contributed by atoms with Crippen molar-refractivity contribution in [3.8, 4) is 0 Å². The number of ether oxygens (including phenoxy) is 1. The van der Waals surface area contributed by atoms with Crippen molar-refractivity contribution in [3.63, 3.8) is 0 Å². The molecule has 23 heavy (non-hydrogen) atoms. The Labute approximate surface area is 158 Å². The number of rotatable bonds is 4. The summed E-state index contributed by atoms with van der Waals surface area (Å²) in [6, 6.07) is 8.54. The summed E-state index contributed by atoms with van der Waals surface area (Å²) in [4.78, 5) is 6.61. The van der Waals surface area contributed by atoms with Gasteiger partial charge in [0, 0.05) is 44.4 Å². The van der Waals surface area contributed by atoms with E-state index in [0.29, 0.717) is 5.92 Å². The van der Waals surface area contributed by atoms with Gasteiger partial charge in [-0.2, -0.15) is 0 Å². The lowest BCUT2D eigenvalue weighted by molar-refractivity contribution is 0.181. The molecular formula is C17H24IN3OS. The highest BCUT2D eigenvalue weighted by Crippen LogP contribution is 2.25. The fourth-order valence-electron chi connectivity index (χ4n) is 2.93. The second kappa shape index (κ2) is 8.84. The van der Waals surface area contributed by atoms with Gasteiger partial charge < -0.3 is 15.0 Å². The van der Waals surface area contributed by atoms with E-state index in [0.717, 1.165) is 38.7 Å². The van der Waals surface area contributed by atoms with E-state index >= 15 is 0 Å². The third kappa shape index (κ3) is 4.58. The molecule has 126 valence electrons. The summed E-state index contributed by atoms with van der Waals surface area (Å²) in [5, 5.41) is 7.05. The van der Waals surface area contributed by atoms with Crippen molar-refractivity contribution in [2.75, 3.05) is 33.9 Å². The maximum absolute atomic E-state index is 5.45. The molecule has 0 saturated carbocycles. The van der Waals surface area contributed by atoms with Gasteiger partial charge in [0.25, 0.3) is 0 Å². The molecule has 4 nitrogen and oxygen atoms in total. The number of hydrogen-bond donors (Lipinski definition) is 1. The summed E-state index contributed by atoms with van der Waals surface area (Å²) in [5.41, 5.74) is 1.33. The van der Waals surface area contributed by atoms with Gasteiger partial charge in [-0.1, -0.05) is 18.2 Å². The molecule has 1 N–H and O–H groups in total. The van der Waals surface area contributed by atoms with Crippen LogP contribution in [0, 0.1) is 5.92 Å². The van der Waals surface area contributed by atoms with Gasteiger partial charge in [0.05, 0.1) is 6.61 Å². The van der Waals surface area contributed by atoms with Gasteiger partial charge in [-0.15, -0.1) is 35.3 Å². The van der Waals surface area contributed by atoms with Crippen molar-refractivity contribution >= 4 is 51.4 Å². The van der Waals surface area contributed by atoms with Crippen LogP contribution in [0.25, 0.3) is 10.1 Å². The molecular weight excluding hydrogens is 421 g/mol. The van der Waals surface area contributed by atoms with E-state index in [1.54, 1.807) is 11.3 Å². The Bertz CT molecular complexity index is 652. The largest absolute Gasteiger partial charge is 0.381 e. The fourth-order valence-corrected chi connectivity index (χ4v) is 3.89. The first-order chi connectivity index (χ1) is 10.8. The monoisotopic (exact) mass is 445 g/mol. The van der Waals surface area contributed by atoms with Crippen molar-refractivity contribution in [1.82, 2.24) is 10.2 Å². The molecule has 1 saturated heterocycles. The molecule has 0 amide bonds. The van der Waals surface area contributed by atoms with Gasteiger partial charge in [0.15, 0.2) is 5.96 Å². The average molecular weight is 445 g/mol. The maximum Gasteiger partial charge on any atom is 0.193 e. The van der Waals surface area contributed by atoms with Gasteiger partial charge in [-0.25, -0.2) is 0 Å². The van der Waals surface area contributed by atoms with Crippen molar-refractivity contribution in [1.29, 1.82) is 0 Å². The number of halogens is 1. The quantitative estimate of drug-likeness (QED) is 0.444. The number of nitrogens with zero attached hydrogens (tertiary/aromatic N) is 2. The van der Waals surface area contributed by atoms with Crippen molar-refractivity contribution in [2.45, 2.75) is 13.0 Å². The van der Waals surface area contributed by atoms with Gasteiger partial charge in [0.2, 0.25) is 0 Å². The van der Waals surface area contributed by atoms with Crippen molar-refractivity contribution in [2.24, 2.45) is 10.9 Å². The van der Waals surface area contributed by atoms with E-state index in [1.807, 2.05) is 7.05 Å². The fraction of sp³-hybridized carbons (Fsp3) is 0.471. The summed E-state index contributed by atoms with van der Waals surface area (Å²) >= 11 is 1.80. The minimum Gasteiger partial charge on any atom is -0.381 e. The smallest absolute Gasteiger partial charge is 0.193 e. The first-order valence-electron chi connectivity index (χ1n) is 7.72. The van der Waals surface area contributed by atoms with Crippen LogP contribution in [0.4, 0.5) is 0 Å². The topological polar surface area (TPSA) is 36.9 Å². The van der Waals surface area contributed by atoms with Crippen LogP contribution in [-0.4, -0.2) is 44.7 Å². The van der Waals surface area contributed by atoms with Crippen molar-refractivity contribution in [3.05, 3.63) is 35.2 Å². The van der Waals surface area contributed by atoms with E-state index in [2.05, 4.69) is 51.9 Å². The standard InChI is InChI=1S/C17H23N3OS.HI/c1-18-17(20(2)10-13-7-8-21-11-13)19-9-14-12-22-16-6-4-3-5-15(14)16;/h3-6,12-13H,7-11H2,1-2H3,(H,18,19);1H. The van der Waals surface area contributed by atoms with E-state index in [1.165, 1.54) is 15.6 Å². The van der Waals surface area contributed by atoms with E-state index in [-0.39, 0.29) is 24.0 Å². The summed E-state index contributed by atoms with van der Waals surface area (Å²) < 4.78 is 6.79. The highest BCUT2D eigenvalue weighted by Gasteiger charge is 2.19.